The maximum absolute atomic E-state index is 13.4. The molecule has 1 unspecified atom stereocenters. The quantitative estimate of drug-likeness (QED) is 0.747. The number of carbonyl (C=O) groups is 1. The molecule has 1 aromatic heterocycles. The molecule has 0 bridgehead atoms. The molecule has 3 aliphatic rings. The summed E-state index contributed by atoms with van der Waals surface area (Å²) < 4.78 is 5.50. The number of para-hydroxylation sites is 2. The van der Waals surface area contributed by atoms with E-state index in [1.165, 1.54) is 12.8 Å². The molecule has 0 N–H and O–H groups in total. The number of likely N-dealkylation sites (tertiary alicyclic amines) is 1. The Morgan fingerprint density at radius 1 is 0.903 bits per heavy atom. The van der Waals surface area contributed by atoms with Crippen molar-refractivity contribution in [2.45, 2.75) is 57.4 Å². The lowest BCUT2D eigenvalue weighted by molar-refractivity contribution is -0.142. The van der Waals surface area contributed by atoms with Crippen LogP contribution in [0.2, 0.25) is 0 Å². The minimum atomic E-state index is 0.169. The fraction of sp³-hybridized carbons (Fsp3) is 0.640. The van der Waals surface area contributed by atoms with Crippen molar-refractivity contribution < 1.29 is 9.53 Å². The lowest BCUT2D eigenvalue weighted by Gasteiger charge is -2.42. The van der Waals surface area contributed by atoms with E-state index in [-0.39, 0.29) is 5.92 Å². The molecule has 6 nitrogen and oxygen atoms in total. The molecular weight excluding hydrogens is 388 g/mol. The molecular formula is C25H34N4O2. The van der Waals surface area contributed by atoms with Crippen molar-refractivity contribution in [3.05, 3.63) is 30.5 Å². The number of benzene rings is 1. The Kier molecular flexibility index (Phi) is 6.35. The van der Waals surface area contributed by atoms with E-state index >= 15 is 0 Å². The van der Waals surface area contributed by atoms with Crippen LogP contribution in [0.25, 0.3) is 11.0 Å². The van der Waals surface area contributed by atoms with Crippen LogP contribution in [0.1, 0.15) is 51.4 Å². The van der Waals surface area contributed by atoms with Gasteiger partial charge in [0.15, 0.2) is 0 Å². The molecule has 31 heavy (non-hydrogen) atoms. The van der Waals surface area contributed by atoms with Crippen molar-refractivity contribution >= 4 is 22.8 Å². The normalized spacial score (nSPS) is 24.3. The number of nitrogens with zero attached hydrogens (tertiary/aromatic N) is 4. The van der Waals surface area contributed by atoms with Crippen LogP contribution in [0, 0.1) is 11.8 Å². The Balaban J connectivity index is 1.26. The topological polar surface area (TPSA) is 58.6 Å². The van der Waals surface area contributed by atoms with Gasteiger partial charge < -0.3 is 14.5 Å². The van der Waals surface area contributed by atoms with Gasteiger partial charge in [-0.25, -0.2) is 4.98 Å². The van der Waals surface area contributed by atoms with Crippen molar-refractivity contribution in [1.82, 2.24) is 14.9 Å². The van der Waals surface area contributed by atoms with Crippen LogP contribution in [0.15, 0.2) is 30.5 Å². The Bertz CT molecular complexity index is 890. The third kappa shape index (κ3) is 4.54. The Hall–Kier alpha value is -2.21. The van der Waals surface area contributed by atoms with Crippen molar-refractivity contribution in [1.29, 1.82) is 0 Å². The lowest BCUT2D eigenvalue weighted by Crippen LogP contribution is -2.50. The molecule has 0 radical (unpaired) electrons. The number of hydrogen-bond donors (Lipinski definition) is 0. The SMILES string of the molecule is O=C(C1CCOCC1)N1CCCCCC1C1CCN(c2cnc3ccccc3n2)CC1. The zero-order valence-corrected chi connectivity index (χ0v) is 18.4. The second-order valence-corrected chi connectivity index (χ2v) is 9.38. The van der Waals surface area contributed by atoms with E-state index in [9.17, 15) is 4.79 Å². The lowest BCUT2D eigenvalue weighted by atomic mass is 9.85. The van der Waals surface area contributed by atoms with Crippen LogP contribution >= 0.6 is 0 Å². The predicted molar refractivity (Wildman–Crippen MR) is 122 cm³/mol. The summed E-state index contributed by atoms with van der Waals surface area (Å²) in [5.74, 6) is 2.14. The fourth-order valence-corrected chi connectivity index (χ4v) is 5.69. The van der Waals surface area contributed by atoms with E-state index < -0.39 is 0 Å². The highest BCUT2D eigenvalue weighted by Crippen LogP contribution is 2.33. The first-order valence-corrected chi connectivity index (χ1v) is 12.1. The molecule has 166 valence electrons. The van der Waals surface area contributed by atoms with E-state index in [4.69, 9.17) is 9.72 Å². The van der Waals surface area contributed by atoms with E-state index in [2.05, 4.69) is 14.8 Å². The Morgan fingerprint density at radius 2 is 1.68 bits per heavy atom. The summed E-state index contributed by atoms with van der Waals surface area (Å²) in [6, 6.07) is 8.46. The molecule has 3 aliphatic heterocycles. The van der Waals surface area contributed by atoms with Gasteiger partial charge in [-0.3, -0.25) is 9.78 Å². The number of hydrogen-bond acceptors (Lipinski definition) is 5. The van der Waals surface area contributed by atoms with Crippen LogP contribution < -0.4 is 4.90 Å². The van der Waals surface area contributed by atoms with Gasteiger partial charge in [0.25, 0.3) is 0 Å². The minimum absolute atomic E-state index is 0.169. The highest BCUT2D eigenvalue weighted by Gasteiger charge is 2.36. The van der Waals surface area contributed by atoms with Crippen LogP contribution in [0.5, 0.6) is 0 Å². The first-order chi connectivity index (χ1) is 15.3. The van der Waals surface area contributed by atoms with Gasteiger partial charge in [-0.05, 0) is 56.6 Å². The number of anilines is 1. The van der Waals surface area contributed by atoms with E-state index in [0.29, 0.717) is 17.9 Å². The molecule has 0 saturated carbocycles. The molecule has 6 heteroatoms. The summed E-state index contributed by atoms with van der Waals surface area (Å²) in [6.45, 7) is 4.40. The summed E-state index contributed by atoms with van der Waals surface area (Å²) >= 11 is 0. The summed E-state index contributed by atoms with van der Waals surface area (Å²) in [4.78, 5) is 27.5. The van der Waals surface area contributed by atoms with Gasteiger partial charge >= 0.3 is 0 Å². The van der Waals surface area contributed by atoms with Crippen molar-refractivity contribution in [2.24, 2.45) is 11.8 Å². The number of piperidine rings is 1. The molecule has 2 aromatic rings. The van der Waals surface area contributed by atoms with Gasteiger partial charge in [-0.15, -0.1) is 0 Å². The molecule has 4 heterocycles. The first-order valence-electron chi connectivity index (χ1n) is 12.1. The van der Waals surface area contributed by atoms with Gasteiger partial charge in [0, 0.05) is 44.8 Å². The van der Waals surface area contributed by atoms with Gasteiger partial charge in [0.1, 0.15) is 5.82 Å². The number of amides is 1. The molecule has 3 saturated heterocycles. The number of aromatic nitrogens is 2. The van der Waals surface area contributed by atoms with Crippen LogP contribution in [0.3, 0.4) is 0 Å². The Labute approximate surface area is 185 Å². The van der Waals surface area contributed by atoms with Gasteiger partial charge in [0.2, 0.25) is 5.91 Å². The smallest absolute Gasteiger partial charge is 0.226 e. The third-order valence-corrected chi connectivity index (χ3v) is 7.50. The Morgan fingerprint density at radius 3 is 2.48 bits per heavy atom. The summed E-state index contributed by atoms with van der Waals surface area (Å²) in [7, 11) is 0. The largest absolute Gasteiger partial charge is 0.381 e. The second kappa shape index (κ2) is 9.51. The maximum atomic E-state index is 13.4. The number of fused-ring (bicyclic) bond motifs is 1. The summed E-state index contributed by atoms with van der Waals surface area (Å²) in [5.41, 5.74) is 1.90. The van der Waals surface area contributed by atoms with Crippen LogP contribution in [0.4, 0.5) is 5.82 Å². The van der Waals surface area contributed by atoms with Crippen LogP contribution in [-0.2, 0) is 9.53 Å². The molecule has 1 aromatic carbocycles. The monoisotopic (exact) mass is 422 g/mol. The van der Waals surface area contributed by atoms with E-state index in [1.54, 1.807) is 0 Å². The van der Waals surface area contributed by atoms with E-state index in [1.807, 2.05) is 30.5 Å². The standard InChI is InChI=1S/C25H34N4O2/c30-25(20-11-16-31-17-12-20)29-13-5-1-2-8-23(29)19-9-14-28(15-10-19)24-18-26-21-6-3-4-7-22(21)27-24/h3-4,6-7,18-20,23H,1-2,5,8-17H2. The minimum Gasteiger partial charge on any atom is -0.381 e. The van der Waals surface area contributed by atoms with Crippen LogP contribution in [-0.4, -0.2) is 59.7 Å². The van der Waals surface area contributed by atoms with Crippen molar-refractivity contribution in [3.63, 3.8) is 0 Å². The number of rotatable bonds is 3. The van der Waals surface area contributed by atoms with E-state index in [0.717, 1.165) is 88.2 Å². The highest BCUT2D eigenvalue weighted by atomic mass is 16.5. The van der Waals surface area contributed by atoms with Gasteiger partial charge in [0.05, 0.1) is 17.2 Å². The predicted octanol–water partition coefficient (Wildman–Crippen LogP) is 4.04. The molecule has 0 spiro atoms. The van der Waals surface area contributed by atoms with Crippen molar-refractivity contribution in [3.8, 4) is 0 Å². The molecule has 0 aliphatic carbocycles. The summed E-state index contributed by atoms with van der Waals surface area (Å²) in [5, 5.41) is 0. The van der Waals surface area contributed by atoms with Gasteiger partial charge in [-0.1, -0.05) is 25.0 Å². The number of ether oxygens (including phenoxy) is 1. The molecule has 3 fully saturated rings. The molecule has 1 atom stereocenters. The number of carbonyl (C=O) groups excluding carboxylic acids is 1. The second-order valence-electron chi connectivity index (χ2n) is 9.38. The highest BCUT2D eigenvalue weighted by molar-refractivity contribution is 5.79. The average Bonchev–Trinajstić information content (AvgIpc) is 3.10. The zero-order valence-electron chi connectivity index (χ0n) is 18.4. The first kappa shape index (κ1) is 20.7. The van der Waals surface area contributed by atoms with Crippen molar-refractivity contribution in [2.75, 3.05) is 37.7 Å². The molecule has 1 amide bonds. The fourth-order valence-electron chi connectivity index (χ4n) is 5.69. The third-order valence-electron chi connectivity index (χ3n) is 7.50. The molecule has 5 rings (SSSR count). The zero-order chi connectivity index (χ0) is 21.0. The summed E-state index contributed by atoms with van der Waals surface area (Å²) in [6.07, 6.45) is 10.7. The average molecular weight is 423 g/mol. The maximum Gasteiger partial charge on any atom is 0.226 e. The van der Waals surface area contributed by atoms with Gasteiger partial charge in [-0.2, -0.15) is 0 Å².